The van der Waals surface area contributed by atoms with Gasteiger partial charge in [0, 0.05) is 47.3 Å². The van der Waals surface area contributed by atoms with Crippen LogP contribution in [0.25, 0.3) is 5.95 Å². The second-order valence-corrected chi connectivity index (χ2v) is 10.0. The molecule has 0 spiro atoms. The fraction of sp³-hybridized carbons (Fsp3) is 0.286. The van der Waals surface area contributed by atoms with Crippen LogP contribution in [0.15, 0.2) is 73.3 Å². The smallest absolute Gasteiger partial charge is 0.243 e. The standard InChI is InChI=1S/C28H32N6O3S/c1-19-14-25(33-28(31-19)34-13-12-29-18-34)32-26(20(2)38-17-21-8-6-5-7-9-21)27(35)30-16-22-15-23(36-3)10-11-24(22)37-4/h5-15,18,20,26H,16-17H2,1-4H3,(H,30,35)(H,31,32,33). The summed E-state index contributed by atoms with van der Waals surface area (Å²) in [6.07, 6.45) is 5.09. The Morgan fingerprint density at radius 3 is 2.61 bits per heavy atom. The van der Waals surface area contributed by atoms with E-state index in [1.54, 1.807) is 49.3 Å². The third kappa shape index (κ3) is 7.04. The van der Waals surface area contributed by atoms with Crippen molar-refractivity contribution in [1.29, 1.82) is 0 Å². The third-order valence-electron chi connectivity index (χ3n) is 5.93. The van der Waals surface area contributed by atoms with Crippen molar-refractivity contribution in [3.8, 4) is 17.4 Å². The lowest BCUT2D eigenvalue weighted by molar-refractivity contribution is -0.121. The molecule has 0 fully saturated rings. The SMILES string of the molecule is COc1ccc(OC)c(CNC(=O)C(Nc2cc(C)nc(-n3ccnc3)n2)C(C)SCc2ccccc2)c1. The number of aryl methyl sites for hydroxylation is 1. The van der Waals surface area contributed by atoms with Gasteiger partial charge in [0.15, 0.2) is 0 Å². The first kappa shape index (κ1) is 27.0. The lowest BCUT2D eigenvalue weighted by Gasteiger charge is -2.25. The molecule has 0 aliphatic heterocycles. The van der Waals surface area contributed by atoms with Gasteiger partial charge in [0.1, 0.15) is 29.7 Å². The molecular formula is C28H32N6O3S. The van der Waals surface area contributed by atoms with E-state index in [1.807, 2.05) is 56.3 Å². The molecule has 38 heavy (non-hydrogen) atoms. The van der Waals surface area contributed by atoms with E-state index in [-0.39, 0.29) is 17.7 Å². The van der Waals surface area contributed by atoms with Crippen LogP contribution in [-0.2, 0) is 17.1 Å². The average molecular weight is 533 g/mol. The highest BCUT2D eigenvalue weighted by molar-refractivity contribution is 7.99. The number of aromatic nitrogens is 4. The maximum absolute atomic E-state index is 13.6. The Morgan fingerprint density at radius 1 is 1.08 bits per heavy atom. The van der Waals surface area contributed by atoms with E-state index in [0.29, 0.717) is 23.3 Å². The molecular weight excluding hydrogens is 500 g/mol. The van der Waals surface area contributed by atoms with Gasteiger partial charge >= 0.3 is 0 Å². The minimum absolute atomic E-state index is 0.0747. The third-order valence-corrected chi connectivity index (χ3v) is 7.23. The lowest BCUT2D eigenvalue weighted by Crippen LogP contribution is -2.45. The van der Waals surface area contributed by atoms with Crippen molar-refractivity contribution in [2.75, 3.05) is 19.5 Å². The van der Waals surface area contributed by atoms with Gasteiger partial charge in [-0.05, 0) is 30.7 Å². The summed E-state index contributed by atoms with van der Waals surface area (Å²) < 4.78 is 12.6. The second kappa shape index (κ2) is 13.0. The summed E-state index contributed by atoms with van der Waals surface area (Å²) in [6.45, 7) is 4.23. The molecule has 2 atom stereocenters. The van der Waals surface area contributed by atoms with Crippen LogP contribution < -0.4 is 20.1 Å². The number of carbonyl (C=O) groups is 1. The number of methoxy groups -OCH3 is 2. The van der Waals surface area contributed by atoms with E-state index in [4.69, 9.17) is 9.47 Å². The normalized spacial score (nSPS) is 12.4. The van der Waals surface area contributed by atoms with Gasteiger partial charge in [-0.25, -0.2) is 9.97 Å². The number of hydrogen-bond donors (Lipinski definition) is 2. The Bertz CT molecular complexity index is 1330. The van der Waals surface area contributed by atoms with Crippen LogP contribution in [0, 0.1) is 6.92 Å². The second-order valence-electron chi connectivity index (χ2n) is 8.68. The quantitative estimate of drug-likeness (QED) is 0.277. The van der Waals surface area contributed by atoms with Crippen LogP contribution in [0.2, 0.25) is 0 Å². The predicted molar refractivity (Wildman–Crippen MR) is 150 cm³/mol. The number of carbonyl (C=O) groups excluding carboxylic acids is 1. The molecule has 0 radical (unpaired) electrons. The molecule has 10 heteroatoms. The van der Waals surface area contributed by atoms with Crippen LogP contribution in [0.1, 0.15) is 23.7 Å². The fourth-order valence-corrected chi connectivity index (χ4v) is 4.92. The molecule has 2 heterocycles. The molecule has 4 rings (SSSR count). The largest absolute Gasteiger partial charge is 0.497 e. The molecule has 4 aromatic rings. The molecule has 0 saturated heterocycles. The van der Waals surface area contributed by atoms with E-state index in [9.17, 15) is 4.79 Å². The number of amides is 1. The highest BCUT2D eigenvalue weighted by Crippen LogP contribution is 2.25. The van der Waals surface area contributed by atoms with Crippen molar-refractivity contribution in [2.24, 2.45) is 0 Å². The van der Waals surface area contributed by atoms with Gasteiger partial charge < -0.3 is 20.1 Å². The summed E-state index contributed by atoms with van der Waals surface area (Å²) in [6, 6.07) is 17.0. The van der Waals surface area contributed by atoms with Gasteiger partial charge in [-0.3, -0.25) is 9.36 Å². The van der Waals surface area contributed by atoms with Crippen LogP contribution in [0.4, 0.5) is 5.82 Å². The Hall–Kier alpha value is -4.05. The van der Waals surface area contributed by atoms with Crippen molar-refractivity contribution in [1.82, 2.24) is 24.8 Å². The van der Waals surface area contributed by atoms with Gasteiger partial charge in [0.05, 0.1) is 14.2 Å². The summed E-state index contributed by atoms with van der Waals surface area (Å²) in [5, 5.41) is 6.37. The van der Waals surface area contributed by atoms with E-state index in [0.717, 1.165) is 17.0 Å². The molecule has 0 saturated carbocycles. The summed E-state index contributed by atoms with van der Waals surface area (Å²) in [5.74, 6) is 3.05. The predicted octanol–water partition coefficient (Wildman–Crippen LogP) is 4.41. The van der Waals surface area contributed by atoms with Crippen LogP contribution in [-0.4, -0.2) is 50.9 Å². The minimum Gasteiger partial charge on any atom is -0.497 e. The zero-order chi connectivity index (χ0) is 26.9. The molecule has 9 nitrogen and oxygen atoms in total. The highest BCUT2D eigenvalue weighted by Gasteiger charge is 2.26. The maximum atomic E-state index is 13.6. The molecule has 0 bridgehead atoms. The molecule has 198 valence electrons. The summed E-state index contributed by atoms with van der Waals surface area (Å²) in [5.41, 5.74) is 2.80. The highest BCUT2D eigenvalue weighted by atomic mass is 32.2. The summed E-state index contributed by atoms with van der Waals surface area (Å²) in [7, 11) is 3.21. The zero-order valence-electron chi connectivity index (χ0n) is 21.9. The number of imidazole rings is 1. The maximum Gasteiger partial charge on any atom is 0.243 e. The first-order valence-electron chi connectivity index (χ1n) is 12.2. The first-order valence-corrected chi connectivity index (χ1v) is 13.3. The molecule has 2 aromatic carbocycles. The van der Waals surface area contributed by atoms with Gasteiger partial charge in [0.2, 0.25) is 11.9 Å². The van der Waals surface area contributed by atoms with E-state index in [2.05, 4.69) is 37.7 Å². The van der Waals surface area contributed by atoms with Crippen molar-refractivity contribution in [3.63, 3.8) is 0 Å². The van der Waals surface area contributed by atoms with Crippen LogP contribution >= 0.6 is 11.8 Å². The number of nitrogens with zero attached hydrogens (tertiary/aromatic N) is 4. The van der Waals surface area contributed by atoms with Gasteiger partial charge in [-0.2, -0.15) is 16.7 Å². The minimum atomic E-state index is -0.565. The summed E-state index contributed by atoms with van der Waals surface area (Å²) in [4.78, 5) is 26.8. The number of hydrogen-bond acceptors (Lipinski definition) is 8. The number of benzene rings is 2. The zero-order valence-corrected chi connectivity index (χ0v) is 22.7. The number of nitrogens with one attached hydrogen (secondary N) is 2. The number of ether oxygens (including phenoxy) is 2. The topological polar surface area (TPSA) is 103 Å². The van der Waals surface area contributed by atoms with Crippen LogP contribution in [0.5, 0.6) is 11.5 Å². The Balaban J connectivity index is 1.55. The molecule has 2 unspecified atom stereocenters. The van der Waals surface area contributed by atoms with Crippen molar-refractivity contribution < 1.29 is 14.3 Å². The Morgan fingerprint density at radius 2 is 1.89 bits per heavy atom. The number of thioether (sulfide) groups is 1. The number of rotatable bonds is 12. The van der Waals surface area contributed by atoms with Crippen molar-refractivity contribution in [3.05, 3.63) is 90.1 Å². The lowest BCUT2D eigenvalue weighted by atomic mass is 10.1. The van der Waals surface area contributed by atoms with Crippen LogP contribution in [0.3, 0.4) is 0 Å². The summed E-state index contributed by atoms with van der Waals surface area (Å²) >= 11 is 1.70. The monoisotopic (exact) mass is 532 g/mol. The van der Waals surface area contributed by atoms with Crippen molar-refractivity contribution >= 4 is 23.5 Å². The molecule has 0 aliphatic carbocycles. The molecule has 2 N–H and O–H groups in total. The van der Waals surface area contributed by atoms with Gasteiger partial charge in [-0.1, -0.05) is 37.3 Å². The number of anilines is 1. The Labute approximate surface area is 227 Å². The average Bonchev–Trinajstić information content (AvgIpc) is 3.49. The van der Waals surface area contributed by atoms with Gasteiger partial charge in [0.25, 0.3) is 0 Å². The van der Waals surface area contributed by atoms with Crippen molar-refractivity contribution in [2.45, 2.75) is 37.4 Å². The van der Waals surface area contributed by atoms with E-state index >= 15 is 0 Å². The first-order chi connectivity index (χ1) is 18.5. The molecule has 2 aromatic heterocycles. The Kier molecular flexibility index (Phi) is 9.21. The van der Waals surface area contributed by atoms with Gasteiger partial charge in [-0.15, -0.1) is 0 Å². The van der Waals surface area contributed by atoms with E-state index in [1.165, 1.54) is 5.56 Å². The molecule has 0 aliphatic rings. The molecule has 1 amide bonds. The van der Waals surface area contributed by atoms with E-state index < -0.39 is 6.04 Å². The fourth-order valence-electron chi connectivity index (χ4n) is 3.89.